The van der Waals surface area contributed by atoms with Crippen molar-refractivity contribution in [3.05, 3.63) is 33.7 Å². The van der Waals surface area contributed by atoms with E-state index in [1.54, 1.807) is 0 Å². The Bertz CT molecular complexity index is 516. The van der Waals surface area contributed by atoms with Gasteiger partial charge in [0.25, 0.3) is 0 Å². The lowest BCUT2D eigenvalue weighted by Gasteiger charge is -2.00. The van der Waals surface area contributed by atoms with Crippen LogP contribution in [-0.2, 0) is 6.54 Å². The zero-order chi connectivity index (χ0) is 11.0. The van der Waals surface area contributed by atoms with E-state index in [9.17, 15) is 0 Å². The van der Waals surface area contributed by atoms with Crippen molar-refractivity contribution in [2.75, 3.05) is 0 Å². The van der Waals surface area contributed by atoms with Crippen LogP contribution in [-0.4, -0.2) is 14.7 Å². The number of nitrogens with zero attached hydrogens (tertiary/aromatic N) is 2. The van der Waals surface area contributed by atoms with Crippen LogP contribution < -0.4 is 0 Å². The molecule has 0 aliphatic carbocycles. The summed E-state index contributed by atoms with van der Waals surface area (Å²) in [5.74, 6) is 0.855. The third-order valence-corrected chi connectivity index (χ3v) is 2.76. The van der Waals surface area contributed by atoms with Gasteiger partial charge >= 0.3 is 0 Å². The third kappa shape index (κ3) is 1.87. The number of rotatable bonds is 2. The summed E-state index contributed by atoms with van der Waals surface area (Å²) >= 11 is 5.19. The van der Waals surface area contributed by atoms with E-state index in [4.69, 9.17) is 16.7 Å². The van der Waals surface area contributed by atoms with Crippen LogP contribution in [0.3, 0.4) is 0 Å². The van der Waals surface area contributed by atoms with Crippen molar-refractivity contribution >= 4 is 12.2 Å². The highest BCUT2D eigenvalue weighted by atomic mass is 32.1. The van der Waals surface area contributed by atoms with Gasteiger partial charge in [-0.2, -0.15) is 0 Å². The molecule has 2 aromatic heterocycles. The molecule has 0 aromatic carbocycles. The molecule has 0 saturated heterocycles. The lowest BCUT2D eigenvalue weighted by atomic mass is 10.2. The van der Waals surface area contributed by atoms with Crippen LogP contribution >= 0.6 is 12.2 Å². The first kappa shape index (κ1) is 10.2. The normalized spacial score (nSPS) is 10.9. The molecule has 2 rings (SSSR count). The molecule has 5 heteroatoms. The topological polar surface area (TPSA) is 46.8 Å². The number of imidazole rings is 1. The summed E-state index contributed by atoms with van der Waals surface area (Å²) in [5, 5.41) is 3.92. The first-order chi connectivity index (χ1) is 7.08. The van der Waals surface area contributed by atoms with Crippen LogP contribution in [0.1, 0.15) is 22.7 Å². The van der Waals surface area contributed by atoms with E-state index in [0.29, 0.717) is 6.54 Å². The Hall–Kier alpha value is -1.36. The molecule has 0 fully saturated rings. The lowest BCUT2D eigenvalue weighted by Crippen LogP contribution is -2.00. The summed E-state index contributed by atoms with van der Waals surface area (Å²) in [6.45, 7) is 6.55. The number of hydrogen-bond acceptors (Lipinski definition) is 3. The average molecular weight is 223 g/mol. The van der Waals surface area contributed by atoms with Crippen molar-refractivity contribution in [2.24, 2.45) is 0 Å². The summed E-state index contributed by atoms with van der Waals surface area (Å²) in [6, 6.07) is 0. The smallest absolute Gasteiger partial charge is 0.177 e. The van der Waals surface area contributed by atoms with Crippen LogP contribution in [0.4, 0.5) is 0 Å². The molecule has 4 nitrogen and oxygen atoms in total. The second-order valence-corrected chi connectivity index (χ2v) is 4.06. The minimum atomic E-state index is 0.713. The predicted octanol–water partition coefficient (Wildman–Crippen LogP) is 2.51. The second-order valence-electron chi connectivity index (χ2n) is 3.67. The van der Waals surface area contributed by atoms with E-state index in [2.05, 4.69) is 10.1 Å². The molecule has 0 aliphatic heterocycles. The molecule has 0 bridgehead atoms. The highest BCUT2D eigenvalue weighted by Gasteiger charge is 2.09. The van der Waals surface area contributed by atoms with Gasteiger partial charge in [0, 0.05) is 17.5 Å². The second kappa shape index (κ2) is 3.66. The molecular formula is C10H13N3OS. The van der Waals surface area contributed by atoms with Gasteiger partial charge in [0.2, 0.25) is 0 Å². The van der Waals surface area contributed by atoms with Gasteiger partial charge in [-0.05, 0) is 33.0 Å². The fraction of sp³-hybridized carbons (Fsp3) is 0.400. The maximum Gasteiger partial charge on any atom is 0.177 e. The summed E-state index contributed by atoms with van der Waals surface area (Å²) in [4.78, 5) is 3.09. The van der Waals surface area contributed by atoms with E-state index in [0.717, 1.165) is 27.5 Å². The average Bonchev–Trinajstić information content (AvgIpc) is 2.63. The van der Waals surface area contributed by atoms with Gasteiger partial charge in [-0.25, -0.2) is 0 Å². The van der Waals surface area contributed by atoms with Crippen molar-refractivity contribution in [1.29, 1.82) is 0 Å². The van der Waals surface area contributed by atoms with Crippen LogP contribution in [0.15, 0.2) is 10.7 Å². The zero-order valence-electron chi connectivity index (χ0n) is 9.00. The molecule has 0 atom stereocenters. The molecule has 0 spiro atoms. The zero-order valence-corrected chi connectivity index (χ0v) is 9.81. The van der Waals surface area contributed by atoms with Crippen molar-refractivity contribution in [2.45, 2.75) is 27.3 Å². The molecule has 0 aliphatic rings. The standard InChI is InChI=1S/C10H13N3OS/c1-6-4-13(10(15)11-6)5-9-7(2)12-14-8(9)3/h4H,5H2,1-3H3,(H,11,15). The molecule has 2 heterocycles. The van der Waals surface area contributed by atoms with E-state index in [-0.39, 0.29) is 0 Å². The summed E-state index contributed by atoms with van der Waals surface area (Å²) in [6.07, 6.45) is 1.99. The SMILES string of the molecule is Cc1cn(Cc2c(C)noc2C)c(=S)[nH]1. The van der Waals surface area contributed by atoms with E-state index in [1.165, 1.54) is 0 Å². The van der Waals surface area contributed by atoms with Crippen molar-refractivity contribution in [3.63, 3.8) is 0 Å². The monoisotopic (exact) mass is 223 g/mol. The van der Waals surface area contributed by atoms with Crippen molar-refractivity contribution in [1.82, 2.24) is 14.7 Å². The maximum absolute atomic E-state index is 5.19. The van der Waals surface area contributed by atoms with E-state index < -0.39 is 0 Å². The Kier molecular flexibility index (Phi) is 2.48. The molecular weight excluding hydrogens is 210 g/mol. The number of aromatic amines is 1. The molecule has 15 heavy (non-hydrogen) atoms. The van der Waals surface area contributed by atoms with Gasteiger partial charge < -0.3 is 14.1 Å². The van der Waals surface area contributed by atoms with Gasteiger partial charge in [-0.1, -0.05) is 5.16 Å². The van der Waals surface area contributed by atoms with Gasteiger partial charge in [-0.3, -0.25) is 0 Å². The molecule has 80 valence electrons. The fourth-order valence-corrected chi connectivity index (χ4v) is 1.86. The quantitative estimate of drug-likeness (QED) is 0.796. The minimum absolute atomic E-state index is 0.713. The lowest BCUT2D eigenvalue weighted by molar-refractivity contribution is 0.392. The summed E-state index contributed by atoms with van der Waals surface area (Å²) < 4.78 is 7.82. The maximum atomic E-state index is 5.19. The number of aryl methyl sites for hydroxylation is 3. The summed E-state index contributed by atoms with van der Waals surface area (Å²) in [7, 11) is 0. The molecule has 1 N–H and O–H groups in total. The van der Waals surface area contributed by atoms with Crippen molar-refractivity contribution in [3.8, 4) is 0 Å². The van der Waals surface area contributed by atoms with E-state index >= 15 is 0 Å². The highest BCUT2D eigenvalue weighted by molar-refractivity contribution is 7.71. The van der Waals surface area contributed by atoms with Gasteiger partial charge in [0.15, 0.2) is 4.77 Å². The largest absolute Gasteiger partial charge is 0.361 e. The fourth-order valence-electron chi connectivity index (χ4n) is 1.58. The Balaban J connectivity index is 2.37. The van der Waals surface area contributed by atoms with Crippen LogP contribution in [0, 0.1) is 25.5 Å². The Morgan fingerprint density at radius 2 is 2.20 bits per heavy atom. The Morgan fingerprint density at radius 3 is 2.67 bits per heavy atom. The van der Waals surface area contributed by atoms with Crippen molar-refractivity contribution < 1.29 is 4.52 Å². The molecule has 2 aromatic rings. The van der Waals surface area contributed by atoms with Gasteiger partial charge in [0.05, 0.1) is 12.2 Å². The Labute approximate surface area is 92.9 Å². The van der Waals surface area contributed by atoms with Crippen LogP contribution in [0.2, 0.25) is 0 Å². The van der Waals surface area contributed by atoms with Gasteiger partial charge in [0.1, 0.15) is 5.76 Å². The predicted molar refractivity (Wildman–Crippen MR) is 59.4 cm³/mol. The highest BCUT2D eigenvalue weighted by Crippen LogP contribution is 2.14. The number of aromatic nitrogens is 3. The minimum Gasteiger partial charge on any atom is -0.361 e. The molecule has 0 unspecified atom stereocenters. The van der Waals surface area contributed by atoms with E-state index in [1.807, 2.05) is 31.5 Å². The van der Waals surface area contributed by atoms with Crippen LogP contribution in [0.25, 0.3) is 0 Å². The molecule has 0 amide bonds. The first-order valence-electron chi connectivity index (χ1n) is 4.75. The Morgan fingerprint density at radius 1 is 1.47 bits per heavy atom. The van der Waals surface area contributed by atoms with Crippen LogP contribution in [0.5, 0.6) is 0 Å². The number of hydrogen-bond donors (Lipinski definition) is 1. The summed E-state index contributed by atoms with van der Waals surface area (Å²) in [5.41, 5.74) is 3.09. The molecule has 0 radical (unpaired) electrons. The van der Waals surface area contributed by atoms with Gasteiger partial charge in [-0.15, -0.1) is 0 Å². The number of H-pyrrole nitrogens is 1. The third-order valence-electron chi connectivity index (χ3n) is 2.42. The number of nitrogens with one attached hydrogen (secondary N) is 1. The molecule has 0 saturated carbocycles. The first-order valence-corrected chi connectivity index (χ1v) is 5.16.